The molecule has 1 aromatic rings. The van der Waals surface area contributed by atoms with Gasteiger partial charge in [0, 0.05) is 31.4 Å². The van der Waals surface area contributed by atoms with Crippen LogP contribution in [0.15, 0.2) is 35.4 Å². The fourth-order valence-electron chi connectivity index (χ4n) is 1.99. The van der Waals surface area contributed by atoms with Crippen LogP contribution in [0.4, 0.5) is 5.69 Å². The van der Waals surface area contributed by atoms with Gasteiger partial charge in [0.1, 0.15) is 0 Å². The first kappa shape index (κ1) is 12.8. The van der Waals surface area contributed by atoms with Crippen molar-refractivity contribution in [3.8, 4) is 0 Å². The van der Waals surface area contributed by atoms with Crippen molar-refractivity contribution in [2.45, 2.75) is 20.3 Å². The summed E-state index contributed by atoms with van der Waals surface area (Å²) in [6, 6.07) is 8.17. The Kier molecular flexibility index (Phi) is 3.82. The van der Waals surface area contributed by atoms with Gasteiger partial charge in [0.05, 0.1) is 0 Å². The van der Waals surface area contributed by atoms with Crippen molar-refractivity contribution >= 4 is 11.6 Å². The molecule has 0 spiro atoms. The minimum atomic E-state index is 0.0933. The Bertz CT molecular complexity index is 468. The Morgan fingerprint density at radius 2 is 1.89 bits per heavy atom. The van der Waals surface area contributed by atoms with Crippen LogP contribution in [0.25, 0.3) is 0 Å². The van der Waals surface area contributed by atoms with E-state index >= 15 is 0 Å². The van der Waals surface area contributed by atoms with Gasteiger partial charge >= 0.3 is 0 Å². The van der Waals surface area contributed by atoms with Crippen molar-refractivity contribution in [3.63, 3.8) is 0 Å². The lowest BCUT2D eigenvalue weighted by atomic mass is 10.0. The van der Waals surface area contributed by atoms with Crippen LogP contribution in [-0.2, 0) is 11.2 Å². The zero-order chi connectivity index (χ0) is 13.1. The third-order valence-corrected chi connectivity index (χ3v) is 3.56. The third kappa shape index (κ3) is 2.46. The molecule has 18 heavy (non-hydrogen) atoms. The van der Waals surface area contributed by atoms with Crippen molar-refractivity contribution in [3.05, 3.63) is 41.0 Å². The van der Waals surface area contributed by atoms with Crippen molar-refractivity contribution < 1.29 is 4.79 Å². The number of carbonyl (C=O) groups is 1. The molecule has 0 aromatic heterocycles. The van der Waals surface area contributed by atoms with Crippen molar-refractivity contribution in [2.75, 3.05) is 25.0 Å². The Morgan fingerprint density at radius 1 is 1.28 bits per heavy atom. The molecule has 3 heteroatoms. The van der Waals surface area contributed by atoms with E-state index in [0.29, 0.717) is 0 Å². The number of nitrogens with one attached hydrogen (secondary N) is 1. The lowest BCUT2D eigenvalue weighted by Crippen LogP contribution is -2.38. The first-order valence-corrected chi connectivity index (χ1v) is 6.39. The summed E-state index contributed by atoms with van der Waals surface area (Å²) in [6.45, 7) is 5.73. The highest BCUT2D eigenvalue weighted by Crippen LogP contribution is 2.18. The Labute approximate surface area is 108 Å². The average Bonchev–Trinajstić information content (AvgIpc) is 2.35. The quantitative estimate of drug-likeness (QED) is 0.826. The molecule has 1 aliphatic rings. The van der Waals surface area contributed by atoms with Gasteiger partial charge in [-0.25, -0.2) is 0 Å². The fourth-order valence-corrected chi connectivity index (χ4v) is 1.99. The number of rotatable bonds is 3. The molecular weight excluding hydrogens is 224 g/mol. The molecule has 1 amide bonds. The molecule has 0 radical (unpaired) electrons. The molecule has 0 saturated carbocycles. The van der Waals surface area contributed by atoms with E-state index < -0.39 is 0 Å². The van der Waals surface area contributed by atoms with Crippen LogP contribution in [-0.4, -0.2) is 26.0 Å². The number of amides is 1. The highest BCUT2D eigenvalue weighted by molar-refractivity contribution is 6.05. The van der Waals surface area contributed by atoms with E-state index in [-0.39, 0.29) is 5.91 Å². The molecule has 0 bridgehead atoms. The third-order valence-electron chi connectivity index (χ3n) is 3.56. The second kappa shape index (κ2) is 5.36. The number of nitrogens with zero attached hydrogens (tertiary/aromatic N) is 1. The zero-order valence-corrected chi connectivity index (χ0v) is 11.3. The molecular formula is C15H20N2O. The van der Waals surface area contributed by atoms with Crippen LogP contribution < -0.4 is 10.2 Å². The second-order valence-corrected chi connectivity index (χ2v) is 4.72. The molecule has 3 nitrogen and oxygen atoms in total. The fraction of sp³-hybridized carbons (Fsp3) is 0.400. The molecule has 0 unspecified atom stereocenters. The monoisotopic (exact) mass is 244 g/mol. The van der Waals surface area contributed by atoms with Crippen LogP contribution in [0.3, 0.4) is 0 Å². The van der Waals surface area contributed by atoms with E-state index in [1.165, 1.54) is 11.1 Å². The summed E-state index contributed by atoms with van der Waals surface area (Å²) in [5.41, 5.74) is 4.33. The van der Waals surface area contributed by atoms with Gasteiger partial charge in [0.2, 0.25) is 0 Å². The minimum absolute atomic E-state index is 0.0933. The molecule has 1 aromatic carbocycles. The number of hydrogen-bond acceptors (Lipinski definition) is 2. The molecule has 0 aliphatic carbocycles. The molecule has 1 aliphatic heterocycles. The van der Waals surface area contributed by atoms with Crippen molar-refractivity contribution in [2.24, 2.45) is 0 Å². The Balaban J connectivity index is 2.14. The Morgan fingerprint density at radius 3 is 2.33 bits per heavy atom. The molecule has 1 N–H and O–H groups in total. The van der Waals surface area contributed by atoms with E-state index in [4.69, 9.17) is 0 Å². The van der Waals surface area contributed by atoms with Gasteiger partial charge in [-0.1, -0.05) is 19.1 Å². The number of aryl methyl sites for hydroxylation is 1. The minimum Gasteiger partial charge on any atom is -0.312 e. The maximum absolute atomic E-state index is 12.3. The van der Waals surface area contributed by atoms with Crippen LogP contribution >= 0.6 is 0 Å². The van der Waals surface area contributed by atoms with Crippen LogP contribution in [0, 0.1) is 0 Å². The summed E-state index contributed by atoms with van der Waals surface area (Å²) in [5, 5.41) is 3.16. The highest BCUT2D eigenvalue weighted by atomic mass is 16.2. The standard InChI is InChI=1S/C15H20N2O/c1-4-12-5-7-14(8-6-12)17(3)15(18)11(2)13-9-16-10-13/h5-8,16H,4,9-10H2,1-3H3. The summed E-state index contributed by atoms with van der Waals surface area (Å²) >= 11 is 0. The van der Waals surface area contributed by atoms with Crippen LogP contribution in [0.2, 0.25) is 0 Å². The normalized spacial score (nSPS) is 14.1. The lowest BCUT2D eigenvalue weighted by molar-refractivity contribution is -0.114. The number of benzene rings is 1. The van der Waals surface area contributed by atoms with Gasteiger partial charge in [-0.2, -0.15) is 0 Å². The predicted octanol–water partition coefficient (Wildman–Crippen LogP) is 2.13. The van der Waals surface area contributed by atoms with Gasteiger partial charge in [-0.15, -0.1) is 0 Å². The van der Waals surface area contributed by atoms with Crippen LogP contribution in [0.1, 0.15) is 19.4 Å². The summed E-state index contributed by atoms with van der Waals surface area (Å²) in [7, 11) is 1.83. The largest absolute Gasteiger partial charge is 0.312 e. The van der Waals surface area contributed by atoms with Crippen molar-refractivity contribution in [1.29, 1.82) is 0 Å². The smallest absolute Gasteiger partial charge is 0.253 e. The summed E-state index contributed by atoms with van der Waals surface area (Å²) in [5.74, 6) is 0.0933. The highest BCUT2D eigenvalue weighted by Gasteiger charge is 2.19. The number of likely N-dealkylation sites (N-methyl/N-ethyl adjacent to an activating group) is 1. The van der Waals surface area contributed by atoms with Crippen LogP contribution in [0.5, 0.6) is 0 Å². The van der Waals surface area contributed by atoms with Gasteiger partial charge in [0.25, 0.3) is 5.91 Å². The first-order valence-electron chi connectivity index (χ1n) is 6.39. The topological polar surface area (TPSA) is 32.3 Å². The number of anilines is 1. The summed E-state index contributed by atoms with van der Waals surface area (Å²) in [4.78, 5) is 14.0. The Hall–Kier alpha value is -1.61. The summed E-state index contributed by atoms with van der Waals surface area (Å²) in [6.07, 6.45) is 1.02. The van der Waals surface area contributed by atoms with E-state index in [1.807, 2.05) is 26.1 Å². The molecule has 2 rings (SSSR count). The molecule has 1 heterocycles. The maximum atomic E-state index is 12.3. The predicted molar refractivity (Wildman–Crippen MR) is 74.8 cm³/mol. The number of carbonyl (C=O) groups excluding carboxylic acids is 1. The number of hydrogen-bond donors (Lipinski definition) is 1. The first-order chi connectivity index (χ1) is 8.63. The van der Waals surface area contributed by atoms with E-state index in [1.54, 1.807) is 4.90 Å². The molecule has 1 saturated heterocycles. The van der Waals surface area contributed by atoms with E-state index in [0.717, 1.165) is 30.8 Å². The van der Waals surface area contributed by atoms with E-state index in [9.17, 15) is 4.79 Å². The molecule has 1 fully saturated rings. The van der Waals surface area contributed by atoms with Gasteiger partial charge in [0.15, 0.2) is 0 Å². The van der Waals surface area contributed by atoms with E-state index in [2.05, 4.69) is 24.4 Å². The molecule has 96 valence electrons. The SMILES string of the molecule is CCc1ccc(N(C)C(=O)C(C)=C2CNC2)cc1. The summed E-state index contributed by atoms with van der Waals surface area (Å²) < 4.78 is 0. The lowest BCUT2D eigenvalue weighted by Gasteiger charge is -2.24. The second-order valence-electron chi connectivity index (χ2n) is 4.72. The zero-order valence-electron chi connectivity index (χ0n) is 11.3. The van der Waals surface area contributed by atoms with Gasteiger partial charge < -0.3 is 10.2 Å². The van der Waals surface area contributed by atoms with Gasteiger partial charge in [-0.3, -0.25) is 4.79 Å². The average molecular weight is 244 g/mol. The molecule has 0 atom stereocenters. The maximum Gasteiger partial charge on any atom is 0.253 e. The van der Waals surface area contributed by atoms with Crippen molar-refractivity contribution in [1.82, 2.24) is 5.32 Å². The van der Waals surface area contributed by atoms with Gasteiger partial charge in [-0.05, 0) is 36.6 Å².